The Kier molecular flexibility index (Phi) is 4.23. The van der Waals surface area contributed by atoms with Crippen molar-refractivity contribution < 1.29 is 19.4 Å². The summed E-state index contributed by atoms with van der Waals surface area (Å²) in [6.45, 7) is 1.88. The highest BCUT2D eigenvalue weighted by molar-refractivity contribution is 5.86. The number of fused-ring (bicyclic) bond motifs is 5. The number of cyclic esters (lactones) is 1. The van der Waals surface area contributed by atoms with Crippen molar-refractivity contribution in [2.24, 2.45) is 5.73 Å². The summed E-state index contributed by atoms with van der Waals surface area (Å²) in [6.07, 6.45) is 0.934. The van der Waals surface area contributed by atoms with Crippen molar-refractivity contribution in [3.63, 3.8) is 0 Å². The third-order valence-electron chi connectivity index (χ3n) is 6.23. The van der Waals surface area contributed by atoms with Crippen LogP contribution in [0.3, 0.4) is 0 Å². The molecular weight excluding hydrogens is 398 g/mol. The normalized spacial score (nSPS) is 19.0. The number of rotatable bonds is 4. The van der Waals surface area contributed by atoms with E-state index in [-0.39, 0.29) is 30.9 Å². The predicted molar refractivity (Wildman–Crippen MR) is 112 cm³/mol. The molecule has 8 heteroatoms. The number of esters is 1. The van der Waals surface area contributed by atoms with E-state index in [9.17, 15) is 19.5 Å². The van der Waals surface area contributed by atoms with Gasteiger partial charge in [0.2, 0.25) is 5.91 Å². The van der Waals surface area contributed by atoms with Crippen LogP contribution in [-0.4, -0.2) is 26.5 Å². The summed E-state index contributed by atoms with van der Waals surface area (Å²) in [7, 11) is 0. The van der Waals surface area contributed by atoms with Crippen LogP contribution in [-0.2, 0) is 39.5 Å². The minimum atomic E-state index is -1.84. The maximum atomic E-state index is 13.2. The number of carbonyl (C=O) groups excluding carboxylic acids is 2. The Bertz CT molecular complexity index is 1340. The van der Waals surface area contributed by atoms with Crippen molar-refractivity contribution in [2.45, 2.75) is 44.9 Å². The van der Waals surface area contributed by atoms with Crippen LogP contribution in [0, 0.1) is 0 Å². The minimum Gasteiger partial charge on any atom is -0.458 e. The average Bonchev–Trinajstić information content (AvgIpc) is 3.11. The molecule has 4 heterocycles. The molecule has 0 aliphatic carbocycles. The Hall–Kier alpha value is -3.52. The molecule has 0 spiro atoms. The molecule has 1 atom stereocenters. The van der Waals surface area contributed by atoms with Gasteiger partial charge in [-0.25, -0.2) is 9.78 Å². The van der Waals surface area contributed by atoms with Gasteiger partial charge < -0.3 is 20.1 Å². The van der Waals surface area contributed by atoms with Crippen molar-refractivity contribution in [1.29, 1.82) is 0 Å². The number of benzene rings is 1. The first-order valence-corrected chi connectivity index (χ1v) is 10.2. The van der Waals surface area contributed by atoms with Crippen molar-refractivity contribution in [1.82, 2.24) is 9.55 Å². The Morgan fingerprint density at radius 1 is 1.29 bits per heavy atom. The molecule has 2 aliphatic rings. The lowest BCUT2D eigenvalue weighted by Gasteiger charge is -2.31. The highest BCUT2D eigenvalue weighted by Gasteiger charge is 2.45. The van der Waals surface area contributed by atoms with Gasteiger partial charge in [-0.2, -0.15) is 0 Å². The molecule has 0 radical (unpaired) electrons. The van der Waals surface area contributed by atoms with E-state index >= 15 is 0 Å². The number of aliphatic hydroxyl groups is 1. The van der Waals surface area contributed by atoms with Gasteiger partial charge in [0.05, 0.1) is 29.0 Å². The molecule has 0 saturated heterocycles. The molecule has 31 heavy (non-hydrogen) atoms. The Balaban J connectivity index is 1.64. The Morgan fingerprint density at radius 3 is 2.84 bits per heavy atom. The van der Waals surface area contributed by atoms with Gasteiger partial charge >= 0.3 is 5.97 Å². The number of primary amides is 1. The molecule has 0 bridgehead atoms. The van der Waals surface area contributed by atoms with Crippen LogP contribution < -0.4 is 11.3 Å². The zero-order chi connectivity index (χ0) is 21.9. The summed E-state index contributed by atoms with van der Waals surface area (Å²) in [5, 5.41) is 11.8. The molecule has 3 N–H and O–H groups in total. The fraction of sp³-hybridized carbons (Fsp3) is 0.304. The van der Waals surface area contributed by atoms with E-state index in [0.717, 1.165) is 22.0 Å². The molecule has 0 unspecified atom stereocenters. The molecule has 3 aromatic rings. The monoisotopic (exact) mass is 419 g/mol. The van der Waals surface area contributed by atoms with Gasteiger partial charge in [-0.05, 0) is 42.7 Å². The van der Waals surface area contributed by atoms with E-state index < -0.39 is 11.6 Å². The molecule has 158 valence electrons. The van der Waals surface area contributed by atoms with Gasteiger partial charge in [0.15, 0.2) is 5.60 Å². The van der Waals surface area contributed by atoms with Crippen LogP contribution >= 0.6 is 0 Å². The molecular formula is C23H21N3O5. The molecule has 0 saturated carbocycles. The molecule has 2 aliphatic heterocycles. The van der Waals surface area contributed by atoms with E-state index in [0.29, 0.717) is 35.5 Å². The zero-order valence-electron chi connectivity index (χ0n) is 17.0. The summed E-state index contributed by atoms with van der Waals surface area (Å²) >= 11 is 0. The number of hydrogen-bond acceptors (Lipinski definition) is 6. The first kappa shape index (κ1) is 19.4. The highest BCUT2D eigenvalue weighted by Crippen LogP contribution is 2.38. The van der Waals surface area contributed by atoms with Gasteiger partial charge in [-0.3, -0.25) is 9.59 Å². The van der Waals surface area contributed by atoms with Gasteiger partial charge in [-0.15, -0.1) is 0 Å². The predicted octanol–water partition coefficient (Wildman–Crippen LogP) is 1.50. The maximum Gasteiger partial charge on any atom is 0.343 e. The molecule has 2 aromatic heterocycles. The van der Waals surface area contributed by atoms with Crippen molar-refractivity contribution in [2.75, 3.05) is 0 Å². The lowest BCUT2D eigenvalue weighted by atomic mass is 9.86. The SMILES string of the molecule is CC[C@@]1(O)C(=O)OCc2c1cc1n(c2=O)Cc2cc3cc(CCC(N)=O)ccc3nc2-1. The zero-order valence-corrected chi connectivity index (χ0v) is 17.0. The Labute approximate surface area is 177 Å². The van der Waals surface area contributed by atoms with Gasteiger partial charge in [0, 0.05) is 22.9 Å². The largest absolute Gasteiger partial charge is 0.458 e. The number of amides is 1. The third-order valence-corrected chi connectivity index (χ3v) is 6.23. The van der Waals surface area contributed by atoms with Crippen LogP contribution in [0.4, 0.5) is 0 Å². The van der Waals surface area contributed by atoms with E-state index in [2.05, 4.69) is 0 Å². The maximum absolute atomic E-state index is 13.2. The number of pyridine rings is 2. The van der Waals surface area contributed by atoms with E-state index in [1.165, 1.54) is 0 Å². The van der Waals surface area contributed by atoms with Crippen LogP contribution in [0.5, 0.6) is 0 Å². The second kappa shape index (κ2) is 6.75. The topological polar surface area (TPSA) is 125 Å². The van der Waals surface area contributed by atoms with Gasteiger partial charge in [0.25, 0.3) is 5.56 Å². The smallest absolute Gasteiger partial charge is 0.343 e. The van der Waals surface area contributed by atoms with Crippen LogP contribution in [0.15, 0.2) is 35.1 Å². The van der Waals surface area contributed by atoms with Gasteiger partial charge in [-0.1, -0.05) is 13.0 Å². The van der Waals surface area contributed by atoms with Crippen LogP contribution in [0.2, 0.25) is 0 Å². The summed E-state index contributed by atoms with van der Waals surface area (Å²) in [5.41, 5.74) is 7.61. The number of ether oxygens (including phenoxy) is 1. The number of carbonyl (C=O) groups is 2. The lowest BCUT2D eigenvalue weighted by Crippen LogP contribution is -2.44. The number of hydrogen-bond donors (Lipinski definition) is 2. The first-order chi connectivity index (χ1) is 14.8. The minimum absolute atomic E-state index is 0.105. The van der Waals surface area contributed by atoms with E-state index in [1.54, 1.807) is 17.6 Å². The first-order valence-electron chi connectivity index (χ1n) is 10.2. The van der Waals surface area contributed by atoms with Crippen molar-refractivity contribution >= 4 is 22.8 Å². The van der Waals surface area contributed by atoms with Crippen molar-refractivity contribution in [3.05, 3.63) is 62.9 Å². The fourth-order valence-corrected chi connectivity index (χ4v) is 4.46. The van der Waals surface area contributed by atoms with E-state index in [1.807, 2.05) is 24.3 Å². The van der Waals surface area contributed by atoms with Gasteiger partial charge in [0.1, 0.15) is 6.61 Å². The highest BCUT2D eigenvalue weighted by atomic mass is 16.6. The fourth-order valence-electron chi connectivity index (χ4n) is 4.46. The number of nitrogens with zero attached hydrogens (tertiary/aromatic N) is 2. The number of nitrogens with two attached hydrogens (primary N) is 1. The molecule has 8 nitrogen and oxygen atoms in total. The molecule has 5 rings (SSSR count). The summed E-state index contributed by atoms with van der Waals surface area (Å²) in [6, 6.07) is 9.46. The second-order valence-corrected chi connectivity index (χ2v) is 8.09. The summed E-state index contributed by atoms with van der Waals surface area (Å²) in [4.78, 5) is 41.3. The van der Waals surface area contributed by atoms with Crippen molar-refractivity contribution in [3.8, 4) is 11.4 Å². The van der Waals surface area contributed by atoms with Crippen LogP contribution in [0.1, 0.15) is 42.0 Å². The van der Waals surface area contributed by atoms with E-state index in [4.69, 9.17) is 15.5 Å². The molecule has 1 amide bonds. The number of aryl methyl sites for hydroxylation is 1. The quantitative estimate of drug-likeness (QED) is 0.483. The third kappa shape index (κ3) is 2.86. The number of aromatic nitrogens is 2. The standard InChI is InChI=1S/C23H21N3O5/c1-2-23(30)16-9-18-20-14(10-26(18)21(28)15(16)11-31-22(23)29)8-13-7-12(4-6-19(24)27)3-5-17(13)25-20/h3,5,7-9,30H,2,4,6,10-11H2,1H3,(H2,24,27)/t23-/m0/s1. The molecule has 0 fully saturated rings. The summed E-state index contributed by atoms with van der Waals surface area (Å²) in [5.74, 6) is -1.08. The Morgan fingerprint density at radius 2 is 2.10 bits per heavy atom. The lowest BCUT2D eigenvalue weighted by molar-refractivity contribution is -0.172. The second-order valence-electron chi connectivity index (χ2n) is 8.09. The van der Waals surface area contributed by atoms with Crippen LogP contribution in [0.25, 0.3) is 22.3 Å². The summed E-state index contributed by atoms with van der Waals surface area (Å²) < 4.78 is 6.70. The molecule has 1 aromatic carbocycles. The average molecular weight is 419 g/mol.